The van der Waals surface area contributed by atoms with E-state index in [0.29, 0.717) is 0 Å². The van der Waals surface area contributed by atoms with Crippen LogP contribution in [0.5, 0.6) is 0 Å². The van der Waals surface area contributed by atoms with Crippen molar-refractivity contribution < 1.29 is 0 Å². The fourth-order valence-corrected chi connectivity index (χ4v) is 0.939. The first-order valence-corrected chi connectivity index (χ1v) is 3.88. The fourth-order valence-electron chi connectivity index (χ4n) is 0.939. The highest BCUT2D eigenvalue weighted by Gasteiger charge is 1.88. The Morgan fingerprint density at radius 2 is 1.91 bits per heavy atom. The molecule has 1 nitrogen and oxygen atoms in total. The van der Waals surface area contributed by atoms with Crippen molar-refractivity contribution in [1.82, 2.24) is 5.32 Å². The molecule has 0 atom stereocenters. The van der Waals surface area contributed by atoms with E-state index < -0.39 is 0 Å². The van der Waals surface area contributed by atoms with Crippen LogP contribution in [0.1, 0.15) is 11.1 Å². The lowest BCUT2D eigenvalue weighted by molar-refractivity contribution is 0.758. The average Bonchev–Trinajstić information content (AvgIpc) is 2.04. The molecule has 1 N–H and O–H groups in total. The number of nitrogens with one attached hydrogen (secondary N) is 1. The van der Waals surface area contributed by atoms with Crippen molar-refractivity contribution in [2.24, 2.45) is 0 Å². The van der Waals surface area contributed by atoms with Gasteiger partial charge in [0.1, 0.15) is 0 Å². The monoisotopic (exact) mass is 148 g/mol. The van der Waals surface area contributed by atoms with Crippen molar-refractivity contribution in [2.75, 3.05) is 6.54 Å². The van der Waals surface area contributed by atoms with Gasteiger partial charge in [0.2, 0.25) is 0 Å². The minimum absolute atomic E-state index is 0.786. The van der Waals surface area contributed by atoms with E-state index >= 15 is 0 Å². The highest BCUT2D eigenvalue weighted by Crippen LogP contribution is 2.01. The first kappa shape index (κ1) is 8.28. The van der Waals surface area contributed by atoms with E-state index in [2.05, 4.69) is 43.4 Å². The second kappa shape index (κ2) is 4.14. The van der Waals surface area contributed by atoms with Gasteiger partial charge in [-0.1, -0.05) is 29.8 Å². The molecule has 0 aliphatic rings. The number of benzene rings is 1. The fraction of sp³-hybridized carbons (Fsp3) is 0.300. The maximum atomic E-state index is 3.71. The first-order chi connectivity index (χ1) is 5.33. The van der Waals surface area contributed by atoms with Gasteiger partial charge in [0.05, 0.1) is 0 Å². The molecule has 1 aromatic rings. The summed E-state index contributed by atoms with van der Waals surface area (Å²) in [5.41, 5.74) is 2.63. The molecule has 1 aromatic carbocycles. The highest BCUT2D eigenvalue weighted by molar-refractivity contribution is 5.20. The van der Waals surface area contributed by atoms with Gasteiger partial charge >= 0.3 is 0 Å². The second-order valence-electron chi connectivity index (χ2n) is 2.66. The Hall–Kier alpha value is -0.820. The summed E-state index contributed by atoms with van der Waals surface area (Å²) in [6.07, 6.45) is 0. The predicted octanol–water partition coefficient (Wildman–Crippen LogP) is 1.92. The van der Waals surface area contributed by atoms with Crippen molar-refractivity contribution in [3.8, 4) is 0 Å². The summed E-state index contributed by atoms with van der Waals surface area (Å²) in [6, 6.07) is 8.52. The molecular formula is C10H14N. The van der Waals surface area contributed by atoms with Crippen LogP contribution in [0.3, 0.4) is 0 Å². The van der Waals surface area contributed by atoms with Gasteiger partial charge in [-0.25, -0.2) is 0 Å². The third kappa shape index (κ3) is 2.72. The summed E-state index contributed by atoms with van der Waals surface area (Å²) in [4.78, 5) is 0. The molecule has 0 heterocycles. The standard InChI is InChI=1S/C10H14N/c1-3-11-8-10-6-4-9(2)5-7-10/h4-7,11H,1,3,8H2,2H3. The minimum atomic E-state index is 0.786. The van der Waals surface area contributed by atoms with E-state index in [1.165, 1.54) is 11.1 Å². The van der Waals surface area contributed by atoms with Crippen LogP contribution in [0.2, 0.25) is 0 Å². The number of rotatable bonds is 3. The van der Waals surface area contributed by atoms with Gasteiger partial charge < -0.3 is 5.32 Å². The molecule has 0 spiro atoms. The normalized spacial score (nSPS) is 10.0. The first-order valence-electron chi connectivity index (χ1n) is 3.88. The third-order valence-corrected chi connectivity index (χ3v) is 1.63. The van der Waals surface area contributed by atoms with Gasteiger partial charge in [-0.05, 0) is 26.0 Å². The van der Waals surface area contributed by atoms with Crippen LogP contribution >= 0.6 is 0 Å². The Bertz CT molecular complexity index is 201. The van der Waals surface area contributed by atoms with E-state index in [1.807, 2.05) is 0 Å². The molecule has 0 unspecified atom stereocenters. The Kier molecular flexibility index (Phi) is 3.12. The second-order valence-corrected chi connectivity index (χ2v) is 2.66. The molecule has 59 valence electrons. The summed E-state index contributed by atoms with van der Waals surface area (Å²) >= 11 is 0. The molecule has 0 saturated carbocycles. The Morgan fingerprint density at radius 3 is 2.45 bits per heavy atom. The van der Waals surface area contributed by atoms with Gasteiger partial charge in [0, 0.05) is 6.54 Å². The largest absolute Gasteiger partial charge is 0.313 e. The molecule has 1 radical (unpaired) electrons. The topological polar surface area (TPSA) is 12.0 Å². The molecule has 1 rings (SSSR count). The average molecular weight is 148 g/mol. The lowest BCUT2D eigenvalue weighted by Crippen LogP contribution is -2.11. The summed E-state index contributed by atoms with van der Waals surface area (Å²) in [5, 5.41) is 3.17. The summed E-state index contributed by atoms with van der Waals surface area (Å²) in [7, 11) is 0. The SMILES string of the molecule is [CH2]CNCc1ccc(C)cc1. The zero-order chi connectivity index (χ0) is 8.10. The van der Waals surface area contributed by atoms with Crippen LogP contribution in [0.4, 0.5) is 0 Å². The van der Waals surface area contributed by atoms with E-state index in [9.17, 15) is 0 Å². The number of aryl methyl sites for hydroxylation is 1. The quantitative estimate of drug-likeness (QED) is 0.690. The molecule has 0 amide bonds. The molecule has 0 aliphatic carbocycles. The number of hydrogen-bond acceptors (Lipinski definition) is 1. The zero-order valence-corrected chi connectivity index (χ0v) is 6.93. The minimum Gasteiger partial charge on any atom is -0.313 e. The highest BCUT2D eigenvalue weighted by atomic mass is 14.8. The molecule has 0 fully saturated rings. The maximum Gasteiger partial charge on any atom is 0.0205 e. The molecule has 1 heteroatoms. The molecular weight excluding hydrogens is 134 g/mol. The molecule has 0 saturated heterocycles. The van der Waals surface area contributed by atoms with E-state index in [4.69, 9.17) is 0 Å². The van der Waals surface area contributed by atoms with Crippen molar-refractivity contribution in [3.63, 3.8) is 0 Å². The van der Waals surface area contributed by atoms with Crippen molar-refractivity contribution >= 4 is 0 Å². The third-order valence-electron chi connectivity index (χ3n) is 1.63. The summed E-state index contributed by atoms with van der Waals surface area (Å²) in [6.45, 7) is 7.51. The van der Waals surface area contributed by atoms with Crippen LogP contribution in [-0.2, 0) is 6.54 Å². The predicted molar refractivity (Wildman–Crippen MR) is 48.2 cm³/mol. The van der Waals surface area contributed by atoms with Crippen molar-refractivity contribution in [1.29, 1.82) is 0 Å². The lowest BCUT2D eigenvalue weighted by Gasteiger charge is -2.01. The maximum absolute atomic E-state index is 3.71. The smallest absolute Gasteiger partial charge is 0.0205 e. The van der Waals surface area contributed by atoms with E-state index in [-0.39, 0.29) is 0 Å². The zero-order valence-electron chi connectivity index (χ0n) is 6.93. The lowest BCUT2D eigenvalue weighted by atomic mass is 10.1. The van der Waals surface area contributed by atoms with Crippen LogP contribution in [-0.4, -0.2) is 6.54 Å². The van der Waals surface area contributed by atoms with E-state index in [0.717, 1.165) is 13.1 Å². The molecule has 0 bridgehead atoms. The Morgan fingerprint density at radius 1 is 1.27 bits per heavy atom. The van der Waals surface area contributed by atoms with Gasteiger partial charge in [0.15, 0.2) is 0 Å². The number of hydrogen-bond donors (Lipinski definition) is 1. The van der Waals surface area contributed by atoms with Crippen molar-refractivity contribution in [2.45, 2.75) is 13.5 Å². The summed E-state index contributed by atoms with van der Waals surface area (Å²) < 4.78 is 0. The molecule has 11 heavy (non-hydrogen) atoms. The summed E-state index contributed by atoms with van der Waals surface area (Å²) in [5.74, 6) is 0. The molecule has 0 aromatic heterocycles. The van der Waals surface area contributed by atoms with Crippen molar-refractivity contribution in [3.05, 3.63) is 42.3 Å². The van der Waals surface area contributed by atoms with Crippen LogP contribution < -0.4 is 5.32 Å². The van der Waals surface area contributed by atoms with Crippen LogP contribution in [0.15, 0.2) is 24.3 Å². The van der Waals surface area contributed by atoms with Gasteiger partial charge in [-0.15, -0.1) is 0 Å². The van der Waals surface area contributed by atoms with Crippen LogP contribution in [0.25, 0.3) is 0 Å². The Labute approximate surface area is 68.4 Å². The Balaban J connectivity index is 2.52. The van der Waals surface area contributed by atoms with E-state index in [1.54, 1.807) is 0 Å². The van der Waals surface area contributed by atoms with Crippen LogP contribution in [0, 0.1) is 13.8 Å². The van der Waals surface area contributed by atoms with Gasteiger partial charge in [-0.3, -0.25) is 0 Å². The molecule has 0 aliphatic heterocycles. The van der Waals surface area contributed by atoms with Gasteiger partial charge in [0.25, 0.3) is 0 Å². The van der Waals surface area contributed by atoms with Gasteiger partial charge in [-0.2, -0.15) is 0 Å².